The first-order chi connectivity index (χ1) is 9.49. The molecule has 0 unspecified atom stereocenters. The zero-order chi connectivity index (χ0) is 14.7. The molecule has 4 N–H and O–H groups in total. The molecule has 20 heavy (non-hydrogen) atoms. The fraction of sp³-hybridized carbons (Fsp3) is 0.143. The summed E-state index contributed by atoms with van der Waals surface area (Å²) in [7, 11) is 0. The summed E-state index contributed by atoms with van der Waals surface area (Å²) in [6.07, 6.45) is 0. The van der Waals surface area contributed by atoms with Crippen LogP contribution in [0.25, 0.3) is 0 Å². The number of hydrogen-bond acceptors (Lipinski definition) is 5. The van der Waals surface area contributed by atoms with Crippen LogP contribution in [0.4, 0.5) is 22.7 Å². The van der Waals surface area contributed by atoms with Crippen molar-refractivity contribution in [1.82, 2.24) is 0 Å². The third kappa shape index (κ3) is 3.04. The average Bonchev–Trinajstić information content (AvgIpc) is 2.42. The molecule has 0 heterocycles. The average molecular weight is 272 g/mol. The molecule has 0 radical (unpaired) electrons. The molecule has 0 fully saturated rings. The Morgan fingerprint density at radius 3 is 2.30 bits per heavy atom. The van der Waals surface area contributed by atoms with Crippen LogP contribution in [0, 0.1) is 24.0 Å². The molecule has 0 saturated heterocycles. The van der Waals surface area contributed by atoms with Gasteiger partial charge in [-0.1, -0.05) is 6.07 Å². The number of benzene rings is 2. The van der Waals surface area contributed by atoms with Crippen LogP contribution < -0.4 is 16.6 Å². The van der Waals surface area contributed by atoms with E-state index >= 15 is 0 Å². The van der Waals surface area contributed by atoms with Crippen molar-refractivity contribution >= 4 is 22.7 Å². The van der Waals surface area contributed by atoms with Crippen molar-refractivity contribution < 1.29 is 4.92 Å². The Hall–Kier alpha value is -2.60. The Balaban J connectivity index is 2.34. The zero-order valence-corrected chi connectivity index (χ0v) is 11.3. The molecule has 0 amide bonds. The van der Waals surface area contributed by atoms with Gasteiger partial charge in [-0.2, -0.15) is 0 Å². The quantitative estimate of drug-likeness (QED) is 0.451. The summed E-state index contributed by atoms with van der Waals surface area (Å²) < 4.78 is 0. The number of nitrogens with two attached hydrogens (primary N) is 1. The first-order valence-electron chi connectivity index (χ1n) is 6.10. The second-order valence-electron chi connectivity index (χ2n) is 4.59. The van der Waals surface area contributed by atoms with Crippen LogP contribution in [-0.2, 0) is 0 Å². The molecule has 0 bridgehead atoms. The van der Waals surface area contributed by atoms with Crippen molar-refractivity contribution in [3.05, 3.63) is 57.6 Å². The molecule has 2 rings (SSSR count). The minimum atomic E-state index is -0.452. The van der Waals surface area contributed by atoms with E-state index in [0.717, 1.165) is 11.3 Å². The maximum atomic E-state index is 10.9. The Kier molecular flexibility index (Phi) is 3.86. The van der Waals surface area contributed by atoms with Gasteiger partial charge < -0.3 is 10.7 Å². The van der Waals surface area contributed by atoms with Gasteiger partial charge in [0.15, 0.2) is 0 Å². The predicted molar refractivity (Wildman–Crippen MR) is 80.1 cm³/mol. The fourth-order valence-electron chi connectivity index (χ4n) is 1.86. The number of rotatable bonds is 4. The van der Waals surface area contributed by atoms with Gasteiger partial charge in [-0.05, 0) is 43.2 Å². The molecule has 6 heteroatoms. The van der Waals surface area contributed by atoms with Gasteiger partial charge in [0, 0.05) is 23.5 Å². The molecule has 0 saturated carbocycles. The van der Waals surface area contributed by atoms with Crippen LogP contribution >= 0.6 is 0 Å². The number of hydrogen-bond donors (Lipinski definition) is 3. The molecular formula is C14H16N4O2. The Labute approximate surface area is 116 Å². The minimum Gasteiger partial charge on any atom is -0.355 e. The molecule has 0 spiro atoms. The Morgan fingerprint density at radius 2 is 1.70 bits per heavy atom. The SMILES string of the molecule is Cc1ccc(Nc2cc(NN)cc([N+](=O)[O-])c2)cc1C. The molecule has 104 valence electrons. The van der Waals surface area contributed by atoms with Crippen molar-refractivity contribution in [2.24, 2.45) is 5.84 Å². The lowest BCUT2D eigenvalue weighted by Gasteiger charge is -2.10. The molecular weight excluding hydrogens is 256 g/mol. The maximum Gasteiger partial charge on any atom is 0.273 e. The summed E-state index contributed by atoms with van der Waals surface area (Å²) in [5.41, 5.74) is 6.70. The minimum absolute atomic E-state index is 0.0215. The van der Waals surface area contributed by atoms with Gasteiger partial charge in [0.1, 0.15) is 0 Å². The number of nitrogens with one attached hydrogen (secondary N) is 2. The van der Waals surface area contributed by atoms with Gasteiger partial charge in [-0.25, -0.2) is 0 Å². The number of nitrogens with zero attached hydrogens (tertiary/aromatic N) is 1. The lowest BCUT2D eigenvalue weighted by atomic mass is 10.1. The highest BCUT2D eigenvalue weighted by Gasteiger charge is 2.09. The van der Waals surface area contributed by atoms with Crippen LogP contribution in [0.2, 0.25) is 0 Å². The van der Waals surface area contributed by atoms with Crippen molar-refractivity contribution in [2.45, 2.75) is 13.8 Å². The lowest BCUT2D eigenvalue weighted by molar-refractivity contribution is -0.384. The normalized spacial score (nSPS) is 10.2. The molecule has 0 aliphatic rings. The second-order valence-corrected chi connectivity index (χ2v) is 4.59. The number of hydrazine groups is 1. The molecule has 2 aromatic carbocycles. The van der Waals surface area contributed by atoms with Crippen molar-refractivity contribution in [1.29, 1.82) is 0 Å². The van der Waals surface area contributed by atoms with Gasteiger partial charge in [-0.3, -0.25) is 16.0 Å². The van der Waals surface area contributed by atoms with Gasteiger partial charge in [0.05, 0.1) is 10.6 Å². The predicted octanol–water partition coefficient (Wildman–Crippen LogP) is 3.24. The van der Waals surface area contributed by atoms with E-state index in [4.69, 9.17) is 5.84 Å². The van der Waals surface area contributed by atoms with Crippen LogP contribution in [0.1, 0.15) is 11.1 Å². The van der Waals surface area contributed by atoms with E-state index in [1.165, 1.54) is 17.7 Å². The van der Waals surface area contributed by atoms with E-state index in [9.17, 15) is 10.1 Å². The number of aryl methyl sites for hydroxylation is 2. The molecule has 6 nitrogen and oxygen atoms in total. The summed E-state index contributed by atoms with van der Waals surface area (Å²) in [6, 6.07) is 10.5. The molecule has 0 aromatic heterocycles. The van der Waals surface area contributed by atoms with E-state index < -0.39 is 4.92 Å². The highest BCUT2D eigenvalue weighted by molar-refractivity contribution is 5.69. The van der Waals surface area contributed by atoms with Crippen molar-refractivity contribution in [2.75, 3.05) is 10.7 Å². The summed E-state index contributed by atoms with van der Waals surface area (Å²) in [5, 5.41) is 14.0. The van der Waals surface area contributed by atoms with Crippen molar-refractivity contribution in [3.63, 3.8) is 0 Å². The van der Waals surface area contributed by atoms with Crippen LogP contribution in [0.3, 0.4) is 0 Å². The third-order valence-electron chi connectivity index (χ3n) is 3.09. The highest BCUT2D eigenvalue weighted by atomic mass is 16.6. The summed E-state index contributed by atoms with van der Waals surface area (Å²) >= 11 is 0. The van der Waals surface area contributed by atoms with E-state index in [-0.39, 0.29) is 5.69 Å². The number of nitro groups is 1. The first kappa shape index (κ1) is 13.8. The highest BCUT2D eigenvalue weighted by Crippen LogP contribution is 2.27. The van der Waals surface area contributed by atoms with Crippen LogP contribution in [0.5, 0.6) is 0 Å². The number of non-ortho nitro benzene ring substituents is 1. The molecule has 2 aromatic rings. The topological polar surface area (TPSA) is 93.2 Å². The summed E-state index contributed by atoms with van der Waals surface area (Å²) in [6.45, 7) is 4.05. The summed E-state index contributed by atoms with van der Waals surface area (Å²) in [5.74, 6) is 5.32. The molecule has 0 atom stereocenters. The van der Waals surface area contributed by atoms with Gasteiger partial charge in [0.25, 0.3) is 5.69 Å². The van der Waals surface area contributed by atoms with Gasteiger partial charge in [-0.15, -0.1) is 0 Å². The smallest absolute Gasteiger partial charge is 0.273 e. The van der Waals surface area contributed by atoms with Crippen molar-refractivity contribution in [3.8, 4) is 0 Å². The standard InChI is InChI=1S/C14H16N4O2/c1-9-3-4-11(5-10(9)2)16-12-6-13(17-15)8-14(7-12)18(19)20/h3-8,16-17H,15H2,1-2H3. The molecule has 0 aliphatic carbocycles. The second kappa shape index (κ2) is 5.58. The Bertz CT molecular complexity index is 656. The fourth-order valence-corrected chi connectivity index (χ4v) is 1.86. The molecule has 0 aliphatic heterocycles. The van der Waals surface area contributed by atoms with Gasteiger partial charge >= 0.3 is 0 Å². The van der Waals surface area contributed by atoms with Crippen LogP contribution in [-0.4, -0.2) is 4.92 Å². The number of anilines is 3. The zero-order valence-electron chi connectivity index (χ0n) is 11.3. The van der Waals surface area contributed by atoms with Gasteiger partial charge in [0.2, 0.25) is 0 Å². The number of nitro benzene ring substituents is 1. The van der Waals surface area contributed by atoms with Crippen LogP contribution in [0.15, 0.2) is 36.4 Å². The number of nitrogen functional groups attached to an aromatic ring is 1. The summed E-state index contributed by atoms with van der Waals surface area (Å²) in [4.78, 5) is 10.4. The van der Waals surface area contributed by atoms with E-state index in [1.54, 1.807) is 6.07 Å². The largest absolute Gasteiger partial charge is 0.355 e. The van der Waals surface area contributed by atoms with E-state index in [2.05, 4.69) is 10.7 Å². The Morgan fingerprint density at radius 1 is 1.00 bits per heavy atom. The lowest BCUT2D eigenvalue weighted by Crippen LogP contribution is -2.07. The third-order valence-corrected chi connectivity index (χ3v) is 3.09. The van der Waals surface area contributed by atoms with E-state index in [0.29, 0.717) is 11.4 Å². The maximum absolute atomic E-state index is 10.9. The monoisotopic (exact) mass is 272 g/mol. The first-order valence-corrected chi connectivity index (χ1v) is 6.10. The van der Waals surface area contributed by atoms with E-state index in [1.807, 2.05) is 32.0 Å².